The van der Waals surface area contributed by atoms with Crippen molar-refractivity contribution in [2.75, 3.05) is 0 Å². The van der Waals surface area contributed by atoms with Crippen molar-refractivity contribution in [2.45, 2.75) is 13.0 Å². The van der Waals surface area contributed by atoms with Crippen LogP contribution in [0.25, 0.3) is 0 Å². The van der Waals surface area contributed by atoms with E-state index in [0.717, 1.165) is 0 Å². The van der Waals surface area contributed by atoms with Gasteiger partial charge in [0.15, 0.2) is 17.3 Å². The lowest BCUT2D eigenvalue weighted by Crippen LogP contribution is -2.07. The summed E-state index contributed by atoms with van der Waals surface area (Å²) in [5, 5.41) is 17.8. The summed E-state index contributed by atoms with van der Waals surface area (Å²) in [7, 11) is 0. The molecule has 1 aromatic rings. The van der Waals surface area contributed by atoms with Crippen molar-refractivity contribution in [3.8, 4) is 11.5 Å². The zero-order chi connectivity index (χ0) is 9.30. The van der Waals surface area contributed by atoms with E-state index >= 15 is 0 Å². The summed E-state index contributed by atoms with van der Waals surface area (Å²) in [4.78, 5) is 0. The van der Waals surface area contributed by atoms with Gasteiger partial charge in [0.1, 0.15) is 0 Å². The van der Waals surface area contributed by atoms with Crippen LogP contribution in [0.5, 0.6) is 11.5 Å². The lowest BCUT2D eigenvalue weighted by Gasteiger charge is -2.08. The highest BCUT2D eigenvalue weighted by Crippen LogP contribution is 2.31. The monoisotopic (exact) mass is 171 g/mol. The third kappa shape index (κ3) is 1.33. The first-order chi connectivity index (χ1) is 5.54. The zero-order valence-corrected chi connectivity index (χ0v) is 6.58. The van der Waals surface area contributed by atoms with Gasteiger partial charge in [0, 0.05) is 11.6 Å². The van der Waals surface area contributed by atoms with Crippen LogP contribution >= 0.6 is 0 Å². The van der Waals surface area contributed by atoms with Crippen LogP contribution in [0, 0.1) is 5.82 Å². The van der Waals surface area contributed by atoms with Crippen molar-refractivity contribution in [3.05, 3.63) is 23.5 Å². The molecule has 4 N–H and O–H groups in total. The molecule has 0 aliphatic rings. The third-order valence-corrected chi connectivity index (χ3v) is 1.62. The Morgan fingerprint density at radius 3 is 2.50 bits per heavy atom. The smallest absolute Gasteiger partial charge is 0.194 e. The molecule has 0 fully saturated rings. The molecule has 1 atom stereocenters. The average molecular weight is 171 g/mol. The Balaban J connectivity index is 3.27. The molecular formula is C8H10FNO2. The van der Waals surface area contributed by atoms with Crippen LogP contribution in [-0.2, 0) is 0 Å². The number of nitrogens with two attached hydrogens (primary N) is 1. The fourth-order valence-electron chi connectivity index (χ4n) is 0.922. The number of phenolic OH excluding ortho intramolecular Hbond substituents is 2. The van der Waals surface area contributed by atoms with Gasteiger partial charge in [0.05, 0.1) is 0 Å². The molecule has 1 aromatic carbocycles. The molecule has 0 saturated carbocycles. The molecule has 4 heteroatoms. The maximum Gasteiger partial charge on any atom is 0.194 e. The Bertz CT molecular complexity index is 299. The summed E-state index contributed by atoms with van der Waals surface area (Å²) in [5.41, 5.74) is 5.59. The molecule has 0 amide bonds. The van der Waals surface area contributed by atoms with Gasteiger partial charge < -0.3 is 15.9 Å². The molecule has 3 nitrogen and oxygen atoms in total. The fourth-order valence-corrected chi connectivity index (χ4v) is 0.922. The lowest BCUT2D eigenvalue weighted by atomic mass is 10.1. The molecule has 0 heterocycles. The molecule has 0 bridgehead atoms. The van der Waals surface area contributed by atoms with Crippen LogP contribution in [0.3, 0.4) is 0 Å². The van der Waals surface area contributed by atoms with E-state index in [0.29, 0.717) is 0 Å². The van der Waals surface area contributed by atoms with Crippen LogP contribution in [0.1, 0.15) is 18.5 Å². The van der Waals surface area contributed by atoms with E-state index in [-0.39, 0.29) is 5.56 Å². The molecular weight excluding hydrogens is 161 g/mol. The minimum atomic E-state index is -0.856. The minimum absolute atomic E-state index is 0.185. The largest absolute Gasteiger partial charge is 0.504 e. The molecule has 0 saturated heterocycles. The topological polar surface area (TPSA) is 66.5 Å². The van der Waals surface area contributed by atoms with Crippen molar-refractivity contribution in [3.63, 3.8) is 0 Å². The van der Waals surface area contributed by atoms with Crippen molar-refractivity contribution in [1.82, 2.24) is 0 Å². The second kappa shape index (κ2) is 2.98. The predicted octanol–water partition coefficient (Wildman–Crippen LogP) is 1.26. The first kappa shape index (κ1) is 8.80. The number of benzene rings is 1. The second-order valence-corrected chi connectivity index (χ2v) is 2.63. The maximum atomic E-state index is 13.0. The molecule has 0 aliphatic heterocycles. The first-order valence-electron chi connectivity index (χ1n) is 3.50. The van der Waals surface area contributed by atoms with Crippen LogP contribution in [0.4, 0.5) is 4.39 Å². The van der Waals surface area contributed by atoms with Crippen LogP contribution in [0.15, 0.2) is 12.1 Å². The van der Waals surface area contributed by atoms with E-state index in [2.05, 4.69) is 0 Å². The SMILES string of the molecule is CC(N)c1ccc(O)c(O)c1F. The van der Waals surface area contributed by atoms with E-state index < -0.39 is 23.4 Å². The third-order valence-electron chi connectivity index (χ3n) is 1.62. The quantitative estimate of drug-likeness (QED) is 0.557. The minimum Gasteiger partial charge on any atom is -0.504 e. The van der Waals surface area contributed by atoms with Gasteiger partial charge in [-0.1, -0.05) is 6.07 Å². The summed E-state index contributed by atoms with van der Waals surface area (Å²) in [6.45, 7) is 1.59. The highest BCUT2D eigenvalue weighted by Gasteiger charge is 2.13. The molecule has 0 spiro atoms. The highest BCUT2D eigenvalue weighted by molar-refractivity contribution is 5.43. The van der Waals surface area contributed by atoms with Crippen LogP contribution < -0.4 is 5.73 Å². The average Bonchev–Trinajstić information content (AvgIpc) is 2.00. The van der Waals surface area contributed by atoms with E-state index in [9.17, 15) is 4.39 Å². The number of phenols is 2. The summed E-state index contributed by atoms with van der Waals surface area (Å²) in [6.07, 6.45) is 0. The van der Waals surface area contributed by atoms with Gasteiger partial charge in [-0.25, -0.2) is 4.39 Å². The maximum absolute atomic E-state index is 13.0. The van der Waals surface area contributed by atoms with Gasteiger partial charge >= 0.3 is 0 Å². The van der Waals surface area contributed by atoms with Gasteiger partial charge in [-0.05, 0) is 13.0 Å². The summed E-state index contributed by atoms with van der Waals surface area (Å²) >= 11 is 0. The highest BCUT2D eigenvalue weighted by atomic mass is 19.1. The van der Waals surface area contributed by atoms with Gasteiger partial charge in [0.25, 0.3) is 0 Å². The molecule has 0 aromatic heterocycles. The molecule has 66 valence electrons. The lowest BCUT2D eigenvalue weighted by molar-refractivity contribution is 0.375. The second-order valence-electron chi connectivity index (χ2n) is 2.63. The normalized spacial score (nSPS) is 12.9. The van der Waals surface area contributed by atoms with Crippen molar-refractivity contribution in [2.24, 2.45) is 5.73 Å². The number of aromatic hydroxyl groups is 2. The standard InChI is InChI=1S/C8H10FNO2/c1-4(10)5-2-3-6(11)8(12)7(5)9/h2-4,11-12H,10H2,1H3. The molecule has 0 aliphatic carbocycles. The van der Waals surface area contributed by atoms with Gasteiger partial charge in [-0.15, -0.1) is 0 Å². The molecule has 12 heavy (non-hydrogen) atoms. The Morgan fingerprint density at radius 1 is 1.42 bits per heavy atom. The number of halogens is 1. The summed E-state index contributed by atoms with van der Waals surface area (Å²) in [6, 6.07) is 2.04. The Labute approximate surface area is 69.3 Å². The van der Waals surface area contributed by atoms with Gasteiger partial charge in [-0.2, -0.15) is 0 Å². The van der Waals surface area contributed by atoms with E-state index in [1.807, 2.05) is 0 Å². The van der Waals surface area contributed by atoms with E-state index in [4.69, 9.17) is 15.9 Å². The van der Waals surface area contributed by atoms with Crippen molar-refractivity contribution >= 4 is 0 Å². The van der Waals surface area contributed by atoms with E-state index in [1.54, 1.807) is 6.92 Å². The van der Waals surface area contributed by atoms with Crippen molar-refractivity contribution < 1.29 is 14.6 Å². The van der Waals surface area contributed by atoms with Crippen molar-refractivity contribution in [1.29, 1.82) is 0 Å². The Hall–Kier alpha value is -1.29. The summed E-state index contributed by atoms with van der Waals surface area (Å²) in [5.74, 6) is -2.08. The number of rotatable bonds is 1. The zero-order valence-electron chi connectivity index (χ0n) is 6.58. The number of hydrogen-bond acceptors (Lipinski definition) is 3. The number of hydrogen-bond donors (Lipinski definition) is 3. The predicted molar refractivity (Wildman–Crippen MR) is 42.3 cm³/mol. The molecule has 1 rings (SSSR count). The summed E-state index contributed by atoms with van der Waals surface area (Å²) < 4.78 is 13.0. The van der Waals surface area contributed by atoms with E-state index in [1.165, 1.54) is 12.1 Å². The van der Waals surface area contributed by atoms with Crippen LogP contribution in [0.2, 0.25) is 0 Å². The Morgan fingerprint density at radius 2 is 2.00 bits per heavy atom. The first-order valence-corrected chi connectivity index (χ1v) is 3.50. The van der Waals surface area contributed by atoms with Crippen LogP contribution in [-0.4, -0.2) is 10.2 Å². The molecule has 1 unspecified atom stereocenters. The fraction of sp³-hybridized carbons (Fsp3) is 0.250. The Kier molecular flexibility index (Phi) is 2.19. The van der Waals surface area contributed by atoms with Gasteiger partial charge in [-0.3, -0.25) is 0 Å². The van der Waals surface area contributed by atoms with Gasteiger partial charge in [0.2, 0.25) is 0 Å². The molecule has 0 radical (unpaired) electrons.